The van der Waals surface area contributed by atoms with Gasteiger partial charge in [-0.25, -0.2) is 15.0 Å². The summed E-state index contributed by atoms with van der Waals surface area (Å²) in [4.78, 5) is 22.1. The minimum atomic E-state index is 0.209. The molecule has 9 nitrogen and oxygen atoms in total. The Balaban J connectivity index is 1.61. The third kappa shape index (κ3) is 4.23. The maximum absolute atomic E-state index is 9.42. The second-order valence-corrected chi connectivity index (χ2v) is 6.85. The van der Waals surface area contributed by atoms with Gasteiger partial charge in [-0.1, -0.05) is 12.1 Å². The maximum Gasteiger partial charge on any atom is 0.233 e. The summed E-state index contributed by atoms with van der Waals surface area (Å²) in [5.41, 5.74) is 2.56. The number of hydrogen-bond donors (Lipinski definition) is 3. The van der Waals surface area contributed by atoms with Crippen LogP contribution in [0.25, 0.3) is 11.2 Å². The number of imidazole rings is 1. The molecular weight excluding hydrogens is 368 g/mol. The first-order valence-electron chi connectivity index (χ1n) is 9.40. The zero-order valence-corrected chi connectivity index (χ0v) is 16.2. The number of benzene rings is 1. The summed E-state index contributed by atoms with van der Waals surface area (Å²) in [5, 5.41) is 15.8. The van der Waals surface area contributed by atoms with Crippen molar-refractivity contribution in [1.29, 1.82) is 0 Å². The zero-order chi connectivity index (χ0) is 20.2. The summed E-state index contributed by atoms with van der Waals surface area (Å²) in [6, 6.07) is 9.13. The van der Waals surface area contributed by atoms with Gasteiger partial charge in [0, 0.05) is 25.0 Å². The van der Waals surface area contributed by atoms with E-state index in [1.54, 1.807) is 36.9 Å². The number of hydrogen-bond acceptors (Lipinski definition) is 8. The molecule has 0 unspecified atom stereocenters. The minimum Gasteiger partial charge on any atom is -0.508 e. The van der Waals surface area contributed by atoms with E-state index in [1.165, 1.54) is 0 Å². The Hall–Kier alpha value is -3.75. The highest BCUT2D eigenvalue weighted by Gasteiger charge is 2.15. The molecule has 0 fully saturated rings. The second kappa shape index (κ2) is 8.09. The number of phenolic OH excluding ortho intramolecular Hbond substituents is 1. The topological polar surface area (TPSA) is 114 Å². The highest BCUT2D eigenvalue weighted by molar-refractivity contribution is 5.84. The van der Waals surface area contributed by atoms with E-state index in [2.05, 4.69) is 49.4 Å². The first-order chi connectivity index (χ1) is 14.1. The molecule has 0 radical (unpaired) electrons. The van der Waals surface area contributed by atoms with E-state index in [4.69, 9.17) is 0 Å². The van der Waals surface area contributed by atoms with Crippen molar-refractivity contribution in [3.8, 4) is 5.75 Å². The fraction of sp³-hybridized carbons (Fsp3) is 0.250. The molecule has 0 aliphatic carbocycles. The predicted octanol–water partition coefficient (Wildman–Crippen LogP) is 3.30. The molecular formula is C20H22N8O. The van der Waals surface area contributed by atoms with Gasteiger partial charge in [-0.15, -0.1) is 0 Å². The molecule has 0 amide bonds. The first kappa shape index (κ1) is 18.6. The monoisotopic (exact) mass is 390 g/mol. The maximum atomic E-state index is 9.42. The van der Waals surface area contributed by atoms with Crippen LogP contribution >= 0.6 is 0 Å². The Morgan fingerprint density at radius 3 is 2.48 bits per heavy atom. The predicted molar refractivity (Wildman–Crippen MR) is 111 cm³/mol. The van der Waals surface area contributed by atoms with Gasteiger partial charge in [0.1, 0.15) is 5.75 Å². The number of aromatic hydroxyl groups is 1. The van der Waals surface area contributed by atoms with Crippen molar-refractivity contribution in [1.82, 2.24) is 29.5 Å². The van der Waals surface area contributed by atoms with Gasteiger partial charge < -0.3 is 15.0 Å². The number of phenols is 1. The lowest BCUT2D eigenvalue weighted by molar-refractivity contribution is 0.475. The van der Waals surface area contributed by atoms with E-state index < -0.39 is 0 Å². The second-order valence-electron chi connectivity index (χ2n) is 6.85. The molecule has 148 valence electrons. The number of rotatable bonds is 7. The summed E-state index contributed by atoms with van der Waals surface area (Å²) < 4.78 is 2.00. The molecule has 4 aromatic rings. The Morgan fingerprint density at radius 1 is 1.00 bits per heavy atom. The van der Waals surface area contributed by atoms with Crippen molar-refractivity contribution in [3.63, 3.8) is 0 Å². The molecule has 29 heavy (non-hydrogen) atoms. The standard InChI is InChI=1S/C20H22N8O/c1-13(2)28-12-24-16-17(21-11-8-14-4-6-15(29)7-5-14)25-20(26-18(16)28)27-19-22-9-3-10-23-19/h3-7,9-10,12-13,29H,8,11H2,1-2H3,(H2,21,22,23,25,26,27). The number of nitrogens with zero attached hydrogens (tertiary/aromatic N) is 6. The highest BCUT2D eigenvalue weighted by atomic mass is 16.3. The SMILES string of the molecule is CC(C)n1cnc2c(NCCc3ccc(O)cc3)nc(Nc3ncccn3)nc21. The van der Waals surface area contributed by atoms with E-state index in [-0.39, 0.29) is 11.8 Å². The summed E-state index contributed by atoms with van der Waals surface area (Å²) in [6.45, 7) is 4.82. The number of nitrogens with one attached hydrogen (secondary N) is 2. The summed E-state index contributed by atoms with van der Waals surface area (Å²) in [6.07, 6.45) is 5.87. The van der Waals surface area contributed by atoms with E-state index in [1.807, 2.05) is 16.7 Å². The Labute approximate surface area is 167 Å². The largest absolute Gasteiger partial charge is 0.508 e. The van der Waals surface area contributed by atoms with Crippen molar-refractivity contribution in [2.24, 2.45) is 0 Å². The number of aromatic nitrogens is 6. The number of anilines is 3. The van der Waals surface area contributed by atoms with Crippen molar-refractivity contribution < 1.29 is 5.11 Å². The molecule has 0 bridgehead atoms. The van der Waals surface area contributed by atoms with E-state index >= 15 is 0 Å². The molecule has 1 aromatic carbocycles. The van der Waals surface area contributed by atoms with Crippen LogP contribution in [0, 0.1) is 0 Å². The van der Waals surface area contributed by atoms with Crippen LogP contribution in [-0.4, -0.2) is 41.1 Å². The molecule has 9 heteroatoms. The Bertz CT molecular complexity index is 1090. The van der Waals surface area contributed by atoms with Crippen LogP contribution in [0.4, 0.5) is 17.7 Å². The molecule has 0 saturated heterocycles. The van der Waals surface area contributed by atoms with Crippen molar-refractivity contribution in [2.75, 3.05) is 17.2 Å². The van der Waals surface area contributed by atoms with Gasteiger partial charge in [-0.2, -0.15) is 9.97 Å². The van der Waals surface area contributed by atoms with E-state index in [0.29, 0.717) is 29.8 Å². The van der Waals surface area contributed by atoms with E-state index in [9.17, 15) is 5.11 Å². The third-order valence-corrected chi connectivity index (χ3v) is 4.41. The first-order valence-corrected chi connectivity index (χ1v) is 9.40. The van der Waals surface area contributed by atoms with Crippen LogP contribution in [0.15, 0.2) is 49.1 Å². The zero-order valence-electron chi connectivity index (χ0n) is 16.2. The summed E-state index contributed by atoms with van der Waals surface area (Å²) >= 11 is 0. The summed E-state index contributed by atoms with van der Waals surface area (Å²) in [7, 11) is 0. The van der Waals surface area contributed by atoms with Crippen LogP contribution in [-0.2, 0) is 6.42 Å². The molecule has 3 aromatic heterocycles. The normalized spacial score (nSPS) is 11.1. The van der Waals surface area contributed by atoms with Gasteiger partial charge in [-0.3, -0.25) is 5.32 Å². The Kier molecular flexibility index (Phi) is 5.19. The lowest BCUT2D eigenvalue weighted by atomic mass is 10.1. The van der Waals surface area contributed by atoms with Gasteiger partial charge in [0.25, 0.3) is 0 Å². The molecule has 4 rings (SSSR count). The van der Waals surface area contributed by atoms with Gasteiger partial charge in [0.2, 0.25) is 11.9 Å². The summed E-state index contributed by atoms with van der Waals surface area (Å²) in [5.74, 6) is 1.74. The van der Waals surface area contributed by atoms with Crippen molar-refractivity contribution in [2.45, 2.75) is 26.3 Å². The smallest absolute Gasteiger partial charge is 0.233 e. The quantitative estimate of drug-likeness (QED) is 0.440. The molecule has 3 N–H and O–H groups in total. The van der Waals surface area contributed by atoms with Gasteiger partial charge in [0.15, 0.2) is 17.0 Å². The lowest BCUT2D eigenvalue weighted by Gasteiger charge is -2.11. The average molecular weight is 390 g/mol. The fourth-order valence-electron chi connectivity index (χ4n) is 2.93. The molecule has 0 aliphatic heterocycles. The van der Waals surface area contributed by atoms with Gasteiger partial charge >= 0.3 is 0 Å². The minimum absolute atomic E-state index is 0.209. The lowest BCUT2D eigenvalue weighted by Crippen LogP contribution is -2.10. The van der Waals surface area contributed by atoms with Crippen LogP contribution in [0.1, 0.15) is 25.5 Å². The molecule has 0 aliphatic rings. The molecule has 3 heterocycles. The van der Waals surface area contributed by atoms with Gasteiger partial charge in [0.05, 0.1) is 6.33 Å². The average Bonchev–Trinajstić information content (AvgIpc) is 3.15. The fourth-order valence-corrected chi connectivity index (χ4v) is 2.93. The van der Waals surface area contributed by atoms with Crippen LogP contribution < -0.4 is 10.6 Å². The number of fused-ring (bicyclic) bond motifs is 1. The van der Waals surface area contributed by atoms with Crippen LogP contribution in [0.3, 0.4) is 0 Å². The van der Waals surface area contributed by atoms with Crippen molar-refractivity contribution >= 4 is 28.9 Å². The van der Waals surface area contributed by atoms with Crippen molar-refractivity contribution in [3.05, 3.63) is 54.6 Å². The third-order valence-electron chi connectivity index (χ3n) is 4.41. The molecule has 0 saturated carbocycles. The van der Waals surface area contributed by atoms with Gasteiger partial charge in [-0.05, 0) is 44.0 Å². The Morgan fingerprint density at radius 2 is 1.76 bits per heavy atom. The molecule has 0 spiro atoms. The van der Waals surface area contributed by atoms with E-state index in [0.717, 1.165) is 17.6 Å². The molecule has 0 atom stereocenters. The van der Waals surface area contributed by atoms with Crippen LogP contribution in [0.2, 0.25) is 0 Å². The highest BCUT2D eigenvalue weighted by Crippen LogP contribution is 2.24. The van der Waals surface area contributed by atoms with Crippen LogP contribution in [0.5, 0.6) is 5.75 Å².